The molecule has 0 saturated heterocycles. The molecular weight excluding hydrogens is 226 g/mol. The van der Waals surface area contributed by atoms with Gasteiger partial charge in [-0.2, -0.15) is 0 Å². The highest BCUT2D eigenvalue weighted by Crippen LogP contribution is 2.36. The van der Waals surface area contributed by atoms with Crippen LogP contribution in [-0.4, -0.2) is 11.8 Å². The normalized spacial score (nSPS) is 25.5. The maximum atomic E-state index is 3.90. The maximum absolute atomic E-state index is 3.90. The van der Waals surface area contributed by atoms with Crippen LogP contribution in [0.1, 0.15) is 50.1 Å². The van der Waals surface area contributed by atoms with Gasteiger partial charge in [0, 0.05) is 17.0 Å². The highest BCUT2D eigenvalue weighted by atomic mass is 32.2. The minimum Gasteiger partial charge on any atom is -0.307 e. The number of benzene rings is 1. The molecule has 1 heterocycles. The highest BCUT2D eigenvalue weighted by Gasteiger charge is 2.23. The van der Waals surface area contributed by atoms with Crippen LogP contribution in [-0.2, 0) is 0 Å². The van der Waals surface area contributed by atoms with Gasteiger partial charge in [0.25, 0.3) is 0 Å². The quantitative estimate of drug-likeness (QED) is 0.842. The molecule has 1 saturated carbocycles. The molecule has 1 aromatic rings. The summed E-state index contributed by atoms with van der Waals surface area (Å²) in [4.78, 5) is 1.49. The zero-order chi connectivity index (χ0) is 11.5. The maximum Gasteiger partial charge on any atom is 0.0341 e. The number of fused-ring (bicyclic) bond motifs is 1. The summed E-state index contributed by atoms with van der Waals surface area (Å²) in [6.45, 7) is 0. The molecule has 1 unspecified atom stereocenters. The average Bonchev–Trinajstić information content (AvgIpc) is 2.40. The fourth-order valence-electron chi connectivity index (χ4n) is 3.07. The number of thioether (sulfide) groups is 1. The van der Waals surface area contributed by atoms with Crippen LogP contribution in [0.2, 0.25) is 0 Å². The van der Waals surface area contributed by atoms with E-state index >= 15 is 0 Å². The molecule has 0 bridgehead atoms. The molecule has 2 heteroatoms. The second-order valence-corrected chi connectivity index (χ2v) is 6.37. The van der Waals surface area contributed by atoms with Crippen LogP contribution in [0, 0.1) is 0 Å². The van der Waals surface area contributed by atoms with Crippen molar-refractivity contribution in [2.24, 2.45) is 0 Å². The van der Waals surface area contributed by atoms with E-state index in [1.54, 1.807) is 0 Å². The van der Waals surface area contributed by atoms with Crippen molar-refractivity contribution in [3.05, 3.63) is 29.8 Å². The van der Waals surface area contributed by atoms with E-state index in [-0.39, 0.29) is 0 Å². The lowest BCUT2D eigenvalue weighted by molar-refractivity contribution is 0.332. The average molecular weight is 247 g/mol. The first kappa shape index (κ1) is 11.6. The molecule has 1 nitrogen and oxygen atoms in total. The van der Waals surface area contributed by atoms with E-state index in [4.69, 9.17) is 0 Å². The van der Waals surface area contributed by atoms with Crippen LogP contribution in [0.25, 0.3) is 0 Å². The van der Waals surface area contributed by atoms with Crippen LogP contribution in [0.15, 0.2) is 29.2 Å². The molecule has 0 amide bonds. The van der Waals surface area contributed by atoms with E-state index in [0.29, 0.717) is 6.04 Å². The summed E-state index contributed by atoms with van der Waals surface area (Å²) < 4.78 is 0. The first-order valence-corrected chi connectivity index (χ1v) is 7.90. The zero-order valence-corrected chi connectivity index (χ0v) is 11.1. The van der Waals surface area contributed by atoms with Gasteiger partial charge >= 0.3 is 0 Å². The number of hydrogen-bond donors (Lipinski definition) is 1. The van der Waals surface area contributed by atoms with E-state index in [0.717, 1.165) is 6.04 Å². The van der Waals surface area contributed by atoms with Crippen LogP contribution in [0.3, 0.4) is 0 Å². The van der Waals surface area contributed by atoms with Crippen molar-refractivity contribution in [1.29, 1.82) is 0 Å². The molecule has 2 aliphatic rings. The Morgan fingerprint density at radius 2 is 1.82 bits per heavy atom. The molecule has 0 radical (unpaired) electrons. The van der Waals surface area contributed by atoms with Gasteiger partial charge in [0.2, 0.25) is 0 Å². The number of hydrogen-bond acceptors (Lipinski definition) is 2. The molecule has 1 aliphatic carbocycles. The fraction of sp³-hybridized carbons (Fsp3) is 0.600. The van der Waals surface area contributed by atoms with Crippen molar-refractivity contribution in [3.63, 3.8) is 0 Å². The predicted octanol–water partition coefficient (Wildman–Crippen LogP) is 4.15. The monoisotopic (exact) mass is 247 g/mol. The summed E-state index contributed by atoms with van der Waals surface area (Å²) in [5.74, 6) is 1.27. The second-order valence-electron chi connectivity index (χ2n) is 5.23. The van der Waals surface area contributed by atoms with E-state index < -0.39 is 0 Å². The molecule has 1 aromatic carbocycles. The van der Waals surface area contributed by atoms with Gasteiger partial charge in [-0.25, -0.2) is 0 Å². The van der Waals surface area contributed by atoms with Gasteiger partial charge < -0.3 is 5.32 Å². The summed E-state index contributed by atoms with van der Waals surface area (Å²) >= 11 is 2.01. The fourth-order valence-corrected chi connectivity index (χ4v) is 4.19. The Hall–Kier alpha value is -0.470. The van der Waals surface area contributed by atoms with Gasteiger partial charge in [-0.3, -0.25) is 0 Å². The van der Waals surface area contributed by atoms with Gasteiger partial charge in [-0.05, 0) is 36.6 Å². The number of rotatable bonds is 2. The Bertz CT molecular complexity index is 371. The third-order valence-electron chi connectivity index (χ3n) is 4.00. The van der Waals surface area contributed by atoms with Crippen molar-refractivity contribution >= 4 is 11.8 Å². The standard InChI is InChI=1S/C15H21NS/c1-2-6-12(7-3-1)16-14-10-11-17-15-9-5-4-8-13(14)15/h4-5,8-9,12,14,16H,1-3,6-7,10-11H2. The summed E-state index contributed by atoms with van der Waals surface area (Å²) in [6.07, 6.45) is 8.33. The zero-order valence-electron chi connectivity index (χ0n) is 10.3. The largest absolute Gasteiger partial charge is 0.307 e. The second kappa shape index (κ2) is 5.45. The minimum absolute atomic E-state index is 0.607. The summed E-state index contributed by atoms with van der Waals surface area (Å²) in [5, 5.41) is 3.90. The minimum atomic E-state index is 0.607. The van der Waals surface area contributed by atoms with E-state index in [9.17, 15) is 0 Å². The highest BCUT2D eigenvalue weighted by molar-refractivity contribution is 7.99. The Morgan fingerprint density at radius 1 is 1.00 bits per heavy atom. The van der Waals surface area contributed by atoms with Crippen molar-refractivity contribution in [3.8, 4) is 0 Å². The Kier molecular flexibility index (Phi) is 3.72. The molecule has 3 rings (SSSR count). The molecule has 1 atom stereocenters. The predicted molar refractivity (Wildman–Crippen MR) is 74.5 cm³/mol. The van der Waals surface area contributed by atoms with Crippen LogP contribution < -0.4 is 5.32 Å². The molecule has 1 N–H and O–H groups in total. The van der Waals surface area contributed by atoms with Gasteiger partial charge in [0.05, 0.1) is 0 Å². The lowest BCUT2D eigenvalue weighted by atomic mass is 9.93. The molecule has 92 valence electrons. The van der Waals surface area contributed by atoms with Crippen molar-refractivity contribution in [2.75, 3.05) is 5.75 Å². The van der Waals surface area contributed by atoms with Crippen LogP contribution in [0.5, 0.6) is 0 Å². The lowest BCUT2D eigenvalue weighted by Crippen LogP contribution is -2.35. The van der Waals surface area contributed by atoms with Crippen molar-refractivity contribution < 1.29 is 0 Å². The topological polar surface area (TPSA) is 12.0 Å². The third kappa shape index (κ3) is 2.69. The summed E-state index contributed by atoms with van der Waals surface area (Å²) in [6, 6.07) is 10.3. The first-order valence-electron chi connectivity index (χ1n) is 6.91. The Morgan fingerprint density at radius 3 is 2.71 bits per heavy atom. The van der Waals surface area contributed by atoms with Gasteiger partial charge in [-0.15, -0.1) is 11.8 Å². The van der Waals surface area contributed by atoms with Crippen LogP contribution in [0.4, 0.5) is 0 Å². The van der Waals surface area contributed by atoms with Gasteiger partial charge in [0.1, 0.15) is 0 Å². The van der Waals surface area contributed by atoms with Crippen LogP contribution >= 0.6 is 11.8 Å². The van der Waals surface area contributed by atoms with Gasteiger partial charge in [0.15, 0.2) is 0 Å². The molecule has 17 heavy (non-hydrogen) atoms. The Balaban J connectivity index is 1.71. The molecule has 1 fully saturated rings. The molecular formula is C15H21NS. The summed E-state index contributed by atoms with van der Waals surface area (Å²) in [7, 11) is 0. The number of nitrogens with one attached hydrogen (secondary N) is 1. The third-order valence-corrected chi connectivity index (χ3v) is 5.12. The molecule has 0 spiro atoms. The van der Waals surface area contributed by atoms with Crippen molar-refractivity contribution in [2.45, 2.75) is 55.5 Å². The van der Waals surface area contributed by atoms with E-state index in [2.05, 4.69) is 29.6 Å². The lowest BCUT2D eigenvalue weighted by Gasteiger charge is -2.32. The van der Waals surface area contributed by atoms with E-state index in [1.807, 2.05) is 11.8 Å². The molecule has 1 aliphatic heterocycles. The van der Waals surface area contributed by atoms with Gasteiger partial charge in [-0.1, -0.05) is 37.5 Å². The van der Waals surface area contributed by atoms with E-state index in [1.165, 1.54) is 54.7 Å². The summed E-state index contributed by atoms with van der Waals surface area (Å²) in [5.41, 5.74) is 1.54. The Labute approximate surface area is 108 Å². The SMILES string of the molecule is c1ccc2c(c1)SCCC2NC1CCCCC1. The van der Waals surface area contributed by atoms with Crippen molar-refractivity contribution in [1.82, 2.24) is 5.32 Å². The smallest absolute Gasteiger partial charge is 0.0341 e. The first-order chi connectivity index (χ1) is 8.43. The molecule has 0 aromatic heterocycles.